The largest absolute Gasteiger partial charge is 0.453 e. The molecule has 0 fully saturated rings. The zero-order valence-corrected chi connectivity index (χ0v) is 17.2. The lowest BCUT2D eigenvalue weighted by atomic mass is 10.1. The number of aryl methyl sites for hydroxylation is 2. The third-order valence-electron chi connectivity index (χ3n) is 4.76. The molecule has 2 N–H and O–H groups in total. The summed E-state index contributed by atoms with van der Waals surface area (Å²) >= 11 is 0. The summed E-state index contributed by atoms with van der Waals surface area (Å²) in [6, 6.07) is 5.90. The number of fused-ring (bicyclic) bond motifs is 1. The normalized spacial score (nSPS) is 11.5. The van der Waals surface area contributed by atoms with Gasteiger partial charge in [0.1, 0.15) is 0 Å². The summed E-state index contributed by atoms with van der Waals surface area (Å²) in [6.07, 6.45) is -4.27. The van der Waals surface area contributed by atoms with Crippen molar-refractivity contribution >= 4 is 23.1 Å². The van der Waals surface area contributed by atoms with E-state index in [1.807, 2.05) is 0 Å². The second-order valence-corrected chi connectivity index (χ2v) is 6.99. The Morgan fingerprint density at radius 1 is 1.16 bits per heavy atom. The lowest BCUT2D eigenvalue weighted by molar-refractivity contribution is -0.384. The SMILES string of the molecule is Cc1nc2nc(C(F)(F)F)nn2c(C)c1CCC(=O)NCCNc1ccc([N+](=O)[O-])cc1. The fraction of sp³-hybridized carbons (Fsp3) is 0.368. The van der Waals surface area contributed by atoms with Crippen molar-refractivity contribution in [2.45, 2.75) is 32.9 Å². The minimum Gasteiger partial charge on any atom is -0.383 e. The summed E-state index contributed by atoms with van der Waals surface area (Å²) in [5.74, 6) is -1.63. The van der Waals surface area contributed by atoms with Gasteiger partial charge in [-0.15, -0.1) is 5.10 Å². The van der Waals surface area contributed by atoms with Crippen molar-refractivity contribution in [1.29, 1.82) is 0 Å². The topological polar surface area (TPSA) is 127 Å². The van der Waals surface area contributed by atoms with Gasteiger partial charge in [0.15, 0.2) is 0 Å². The Hall–Kier alpha value is -3.77. The first-order chi connectivity index (χ1) is 15.1. The summed E-state index contributed by atoms with van der Waals surface area (Å²) in [7, 11) is 0. The number of nitrogens with zero attached hydrogens (tertiary/aromatic N) is 5. The molecule has 0 radical (unpaired) electrons. The van der Waals surface area contributed by atoms with Crippen LogP contribution in [0.4, 0.5) is 24.5 Å². The minimum absolute atomic E-state index is 0.0114. The number of non-ortho nitro benzene ring substituents is 1. The highest BCUT2D eigenvalue weighted by Gasteiger charge is 2.36. The van der Waals surface area contributed by atoms with Gasteiger partial charge in [-0.2, -0.15) is 18.2 Å². The highest BCUT2D eigenvalue weighted by Crippen LogP contribution is 2.27. The highest BCUT2D eigenvalue weighted by molar-refractivity contribution is 5.76. The zero-order chi connectivity index (χ0) is 23.5. The van der Waals surface area contributed by atoms with Gasteiger partial charge >= 0.3 is 6.18 Å². The van der Waals surface area contributed by atoms with Crippen molar-refractivity contribution in [3.8, 4) is 0 Å². The fourth-order valence-electron chi connectivity index (χ4n) is 3.13. The number of halogens is 3. The van der Waals surface area contributed by atoms with Crippen LogP contribution < -0.4 is 10.6 Å². The van der Waals surface area contributed by atoms with E-state index in [4.69, 9.17) is 0 Å². The Morgan fingerprint density at radius 3 is 2.47 bits per heavy atom. The molecule has 0 aliphatic heterocycles. The second-order valence-electron chi connectivity index (χ2n) is 6.99. The Balaban J connectivity index is 1.52. The van der Waals surface area contributed by atoms with Gasteiger partial charge in [-0.05, 0) is 38.0 Å². The van der Waals surface area contributed by atoms with Crippen molar-refractivity contribution in [1.82, 2.24) is 24.9 Å². The van der Waals surface area contributed by atoms with E-state index >= 15 is 0 Å². The summed E-state index contributed by atoms with van der Waals surface area (Å²) in [4.78, 5) is 29.8. The monoisotopic (exact) mass is 451 g/mol. The molecule has 3 rings (SSSR count). The third-order valence-corrected chi connectivity index (χ3v) is 4.76. The van der Waals surface area contributed by atoms with Crippen LogP contribution in [0.5, 0.6) is 0 Å². The number of carbonyl (C=O) groups is 1. The Labute approximate surface area is 180 Å². The molecule has 0 saturated carbocycles. The van der Waals surface area contributed by atoms with Crippen LogP contribution in [-0.4, -0.2) is 43.5 Å². The molecule has 2 aromatic heterocycles. The number of rotatable bonds is 8. The maximum Gasteiger partial charge on any atom is 0.453 e. The summed E-state index contributed by atoms with van der Waals surface area (Å²) in [6.45, 7) is 3.99. The van der Waals surface area contributed by atoms with E-state index in [1.165, 1.54) is 12.1 Å². The van der Waals surface area contributed by atoms with E-state index < -0.39 is 16.9 Å². The number of nitro benzene ring substituents is 1. The molecule has 0 bridgehead atoms. The van der Waals surface area contributed by atoms with Crippen molar-refractivity contribution in [3.05, 3.63) is 57.2 Å². The maximum atomic E-state index is 12.9. The average molecular weight is 451 g/mol. The van der Waals surface area contributed by atoms with Crippen LogP contribution in [0.1, 0.15) is 29.2 Å². The third kappa shape index (κ3) is 5.28. The fourth-order valence-corrected chi connectivity index (χ4v) is 3.13. The molecule has 0 aliphatic rings. The molecule has 3 aromatic rings. The van der Waals surface area contributed by atoms with Crippen LogP contribution in [0.2, 0.25) is 0 Å². The number of aromatic nitrogens is 4. The van der Waals surface area contributed by atoms with Gasteiger partial charge < -0.3 is 10.6 Å². The molecule has 2 heterocycles. The Bertz CT molecular complexity index is 1140. The van der Waals surface area contributed by atoms with Crippen LogP contribution in [0, 0.1) is 24.0 Å². The predicted octanol–water partition coefficient (Wildman–Crippen LogP) is 2.83. The molecule has 0 atom stereocenters. The number of nitro groups is 1. The van der Waals surface area contributed by atoms with E-state index in [2.05, 4.69) is 25.7 Å². The molecule has 0 aliphatic carbocycles. The summed E-state index contributed by atoms with van der Waals surface area (Å²) in [5.41, 5.74) is 2.24. The van der Waals surface area contributed by atoms with E-state index in [0.717, 1.165) is 4.52 Å². The first-order valence-corrected chi connectivity index (χ1v) is 9.61. The number of anilines is 1. The van der Waals surface area contributed by atoms with Crippen molar-refractivity contribution in [2.75, 3.05) is 18.4 Å². The average Bonchev–Trinajstić information content (AvgIpc) is 3.16. The number of nitrogens with one attached hydrogen (secondary N) is 2. The zero-order valence-electron chi connectivity index (χ0n) is 17.2. The van der Waals surface area contributed by atoms with Gasteiger partial charge in [-0.25, -0.2) is 9.50 Å². The van der Waals surface area contributed by atoms with E-state index in [9.17, 15) is 28.1 Å². The lowest BCUT2D eigenvalue weighted by Gasteiger charge is -2.11. The van der Waals surface area contributed by atoms with E-state index in [-0.39, 0.29) is 30.2 Å². The van der Waals surface area contributed by atoms with Gasteiger partial charge in [-0.3, -0.25) is 14.9 Å². The smallest absolute Gasteiger partial charge is 0.383 e. The van der Waals surface area contributed by atoms with Gasteiger partial charge in [-0.1, -0.05) is 0 Å². The van der Waals surface area contributed by atoms with Crippen LogP contribution >= 0.6 is 0 Å². The first-order valence-electron chi connectivity index (χ1n) is 9.61. The van der Waals surface area contributed by atoms with E-state index in [1.54, 1.807) is 26.0 Å². The highest BCUT2D eigenvalue weighted by atomic mass is 19.4. The lowest BCUT2D eigenvalue weighted by Crippen LogP contribution is -2.29. The molecule has 0 unspecified atom stereocenters. The molecule has 1 aromatic carbocycles. The number of carbonyl (C=O) groups excluding carboxylic acids is 1. The van der Waals surface area contributed by atoms with Crippen LogP contribution in [0.25, 0.3) is 5.78 Å². The van der Waals surface area contributed by atoms with Gasteiger partial charge in [0.25, 0.3) is 17.3 Å². The maximum absolute atomic E-state index is 12.9. The quantitative estimate of drug-likeness (QED) is 0.306. The van der Waals surface area contributed by atoms with Gasteiger partial charge in [0.2, 0.25) is 5.91 Å². The number of hydrogen-bond donors (Lipinski definition) is 2. The predicted molar refractivity (Wildman–Crippen MR) is 108 cm³/mol. The first kappa shape index (κ1) is 22.9. The van der Waals surface area contributed by atoms with Gasteiger partial charge in [0.05, 0.1) is 4.92 Å². The molecule has 0 saturated heterocycles. The van der Waals surface area contributed by atoms with Crippen LogP contribution in [0.15, 0.2) is 24.3 Å². The van der Waals surface area contributed by atoms with Crippen molar-refractivity contribution in [3.63, 3.8) is 0 Å². The molecule has 170 valence electrons. The molecule has 10 nitrogen and oxygen atoms in total. The Morgan fingerprint density at radius 2 is 1.84 bits per heavy atom. The number of hydrogen-bond acceptors (Lipinski definition) is 7. The standard InChI is InChI=1S/C19H20F3N7O3/c1-11-15(12(2)28-18(25-11)26-17(27-28)19(20,21)22)7-8-16(30)24-10-9-23-13-3-5-14(6-4-13)29(31)32/h3-6,23H,7-10H2,1-2H3,(H,24,30). The summed E-state index contributed by atoms with van der Waals surface area (Å²) in [5, 5.41) is 19.9. The molecular weight excluding hydrogens is 431 g/mol. The second kappa shape index (κ2) is 9.16. The van der Waals surface area contributed by atoms with Crippen LogP contribution in [0.3, 0.4) is 0 Å². The molecular formula is C19H20F3N7O3. The number of amides is 1. The number of alkyl halides is 3. The van der Waals surface area contributed by atoms with E-state index in [0.29, 0.717) is 35.7 Å². The van der Waals surface area contributed by atoms with Gasteiger partial charge in [0, 0.05) is 48.7 Å². The van der Waals surface area contributed by atoms with Crippen molar-refractivity contribution in [2.24, 2.45) is 0 Å². The minimum atomic E-state index is -4.67. The number of benzene rings is 1. The molecule has 13 heteroatoms. The van der Waals surface area contributed by atoms with Crippen LogP contribution in [-0.2, 0) is 17.4 Å². The molecule has 0 spiro atoms. The summed E-state index contributed by atoms with van der Waals surface area (Å²) < 4.78 is 39.6. The Kier molecular flexibility index (Phi) is 6.55. The van der Waals surface area contributed by atoms with Crippen molar-refractivity contribution < 1.29 is 22.9 Å². The molecule has 1 amide bonds. The molecule has 32 heavy (non-hydrogen) atoms.